The Morgan fingerprint density at radius 1 is 0.921 bits per heavy atom. The maximum absolute atomic E-state index is 14.0. The van der Waals surface area contributed by atoms with Crippen molar-refractivity contribution in [1.29, 1.82) is 0 Å². The highest BCUT2D eigenvalue weighted by atomic mass is 79.9. The monoisotopic (exact) mass is 599 g/mol. The lowest BCUT2D eigenvalue weighted by molar-refractivity contribution is -0.140. The van der Waals surface area contributed by atoms with E-state index in [0.29, 0.717) is 12.2 Å². The Morgan fingerprint density at radius 2 is 1.55 bits per heavy atom. The Hall–Kier alpha value is -3.17. The number of benzene rings is 3. The normalized spacial score (nSPS) is 12.0. The van der Waals surface area contributed by atoms with Gasteiger partial charge in [0.1, 0.15) is 12.6 Å². The molecule has 3 aromatic carbocycles. The molecule has 7 nitrogen and oxygen atoms in total. The highest BCUT2D eigenvalue weighted by Gasteiger charge is 2.33. The van der Waals surface area contributed by atoms with Crippen LogP contribution in [0.3, 0.4) is 0 Å². The Balaban J connectivity index is 2.06. The second-order valence-corrected chi connectivity index (χ2v) is 12.2. The standard InChI is InChI=1S/C29H34BrN3O4S/c1-5-31-29(35)27(18-23-10-7-6-8-11-23)32(19-24-12-9-13-25(30)17-24)28(34)20-33(38(4,36)37)26-15-21(2)14-22(3)16-26/h6-17,27H,5,18-20H2,1-4H3,(H,31,35)/t27-/m0/s1. The molecule has 0 saturated heterocycles. The fraction of sp³-hybridized carbons (Fsp3) is 0.310. The van der Waals surface area contributed by atoms with Crippen LogP contribution in [0.2, 0.25) is 0 Å². The van der Waals surface area contributed by atoms with Gasteiger partial charge in [0, 0.05) is 24.0 Å². The molecule has 0 aromatic heterocycles. The topological polar surface area (TPSA) is 86.8 Å². The van der Waals surface area contributed by atoms with Gasteiger partial charge in [0.15, 0.2) is 0 Å². The molecule has 0 saturated carbocycles. The van der Waals surface area contributed by atoms with Crippen LogP contribution < -0.4 is 9.62 Å². The molecule has 0 radical (unpaired) electrons. The Bertz CT molecular complexity index is 1360. The van der Waals surface area contributed by atoms with Gasteiger partial charge < -0.3 is 10.2 Å². The second-order valence-electron chi connectivity index (χ2n) is 9.37. The van der Waals surface area contributed by atoms with Crippen molar-refractivity contribution in [3.63, 3.8) is 0 Å². The van der Waals surface area contributed by atoms with Gasteiger partial charge >= 0.3 is 0 Å². The molecule has 202 valence electrons. The number of carbonyl (C=O) groups is 2. The van der Waals surface area contributed by atoms with Gasteiger partial charge in [-0.1, -0.05) is 64.5 Å². The highest BCUT2D eigenvalue weighted by Crippen LogP contribution is 2.23. The summed E-state index contributed by atoms with van der Waals surface area (Å²) in [4.78, 5) is 28.8. The molecule has 0 heterocycles. The molecule has 0 bridgehead atoms. The van der Waals surface area contributed by atoms with E-state index in [2.05, 4.69) is 21.2 Å². The number of aryl methyl sites for hydroxylation is 2. The largest absolute Gasteiger partial charge is 0.355 e. The first-order valence-electron chi connectivity index (χ1n) is 12.4. The summed E-state index contributed by atoms with van der Waals surface area (Å²) in [6.07, 6.45) is 1.37. The molecule has 2 amide bonds. The number of carbonyl (C=O) groups excluding carboxylic acids is 2. The van der Waals surface area contributed by atoms with Gasteiger partial charge in [-0.05, 0) is 67.3 Å². The molecule has 1 atom stereocenters. The van der Waals surface area contributed by atoms with Gasteiger partial charge in [-0.25, -0.2) is 8.42 Å². The van der Waals surface area contributed by atoms with E-state index in [1.807, 2.05) is 81.4 Å². The summed E-state index contributed by atoms with van der Waals surface area (Å²) in [5.74, 6) is -0.765. The van der Waals surface area contributed by atoms with Crippen LogP contribution in [0, 0.1) is 13.8 Å². The average molecular weight is 601 g/mol. The summed E-state index contributed by atoms with van der Waals surface area (Å²) in [6, 6.07) is 21.6. The van der Waals surface area contributed by atoms with E-state index in [4.69, 9.17) is 0 Å². The number of sulfonamides is 1. The number of likely N-dealkylation sites (N-methyl/N-ethyl adjacent to an activating group) is 1. The van der Waals surface area contributed by atoms with Crippen molar-refractivity contribution >= 4 is 43.5 Å². The minimum absolute atomic E-state index is 0.136. The zero-order valence-corrected chi connectivity index (χ0v) is 24.6. The average Bonchev–Trinajstić information content (AvgIpc) is 2.84. The number of hydrogen-bond donors (Lipinski definition) is 1. The lowest BCUT2D eigenvalue weighted by Gasteiger charge is -2.33. The fourth-order valence-electron chi connectivity index (χ4n) is 4.39. The predicted octanol–water partition coefficient (Wildman–Crippen LogP) is 4.61. The molecular formula is C29H34BrN3O4S. The number of halogens is 1. The molecule has 9 heteroatoms. The van der Waals surface area contributed by atoms with Gasteiger partial charge in [0.05, 0.1) is 11.9 Å². The van der Waals surface area contributed by atoms with E-state index in [1.54, 1.807) is 12.1 Å². The lowest BCUT2D eigenvalue weighted by Crippen LogP contribution is -2.53. The molecule has 0 aliphatic rings. The third-order valence-corrected chi connectivity index (χ3v) is 7.67. The fourth-order valence-corrected chi connectivity index (χ4v) is 5.67. The van der Waals surface area contributed by atoms with Gasteiger partial charge in [0.2, 0.25) is 21.8 Å². The zero-order valence-electron chi connectivity index (χ0n) is 22.1. The van der Waals surface area contributed by atoms with Crippen LogP contribution in [0.1, 0.15) is 29.2 Å². The minimum atomic E-state index is -3.80. The van der Waals surface area contributed by atoms with Gasteiger partial charge in [0.25, 0.3) is 0 Å². The van der Waals surface area contributed by atoms with Crippen molar-refractivity contribution in [1.82, 2.24) is 10.2 Å². The molecule has 1 N–H and O–H groups in total. The van der Waals surface area contributed by atoms with Crippen LogP contribution in [0.25, 0.3) is 0 Å². The van der Waals surface area contributed by atoms with Crippen LogP contribution in [0.15, 0.2) is 77.3 Å². The van der Waals surface area contributed by atoms with Crippen molar-refractivity contribution in [3.05, 3.63) is 99.5 Å². The number of nitrogens with zero attached hydrogens (tertiary/aromatic N) is 2. The summed E-state index contributed by atoms with van der Waals surface area (Å²) in [5.41, 5.74) is 3.89. The Kier molecular flexibility index (Phi) is 10.1. The van der Waals surface area contributed by atoms with Crippen LogP contribution in [0.4, 0.5) is 5.69 Å². The van der Waals surface area contributed by atoms with Crippen molar-refractivity contribution in [2.24, 2.45) is 0 Å². The summed E-state index contributed by atoms with van der Waals surface area (Å²) in [6.45, 7) is 5.69. The Labute approximate surface area is 234 Å². The first-order valence-corrected chi connectivity index (χ1v) is 15.0. The maximum atomic E-state index is 14.0. The lowest BCUT2D eigenvalue weighted by atomic mass is 10.0. The Morgan fingerprint density at radius 3 is 2.13 bits per heavy atom. The molecular weight excluding hydrogens is 566 g/mol. The van der Waals surface area contributed by atoms with Crippen molar-refractivity contribution in [2.45, 2.75) is 39.8 Å². The first-order chi connectivity index (χ1) is 18.0. The number of hydrogen-bond acceptors (Lipinski definition) is 4. The molecule has 0 aliphatic carbocycles. The number of nitrogens with one attached hydrogen (secondary N) is 1. The van der Waals surface area contributed by atoms with Crippen LogP contribution in [-0.4, -0.2) is 50.5 Å². The number of anilines is 1. The molecule has 3 aromatic rings. The second kappa shape index (κ2) is 13.1. The molecule has 0 fully saturated rings. The van der Waals surface area contributed by atoms with Crippen LogP contribution in [0.5, 0.6) is 0 Å². The predicted molar refractivity (Wildman–Crippen MR) is 155 cm³/mol. The van der Waals surface area contributed by atoms with Gasteiger partial charge in [-0.2, -0.15) is 0 Å². The smallest absolute Gasteiger partial charge is 0.244 e. The molecule has 0 aliphatic heterocycles. The summed E-state index contributed by atoms with van der Waals surface area (Å²) < 4.78 is 27.7. The van der Waals surface area contributed by atoms with Crippen LogP contribution >= 0.6 is 15.9 Å². The molecule has 0 spiro atoms. The first kappa shape index (κ1) is 29.4. The van der Waals surface area contributed by atoms with Crippen molar-refractivity contribution < 1.29 is 18.0 Å². The van der Waals surface area contributed by atoms with Crippen molar-refractivity contribution in [2.75, 3.05) is 23.7 Å². The molecule has 38 heavy (non-hydrogen) atoms. The van der Waals surface area contributed by atoms with E-state index in [0.717, 1.165) is 37.3 Å². The van der Waals surface area contributed by atoms with Crippen LogP contribution in [-0.2, 0) is 32.6 Å². The molecule has 0 unspecified atom stereocenters. The number of amides is 2. The third kappa shape index (κ3) is 8.16. The number of rotatable bonds is 11. The third-order valence-electron chi connectivity index (χ3n) is 6.04. The SMILES string of the molecule is CCNC(=O)[C@H](Cc1ccccc1)N(Cc1cccc(Br)c1)C(=O)CN(c1cc(C)cc(C)c1)S(C)(=O)=O. The minimum Gasteiger partial charge on any atom is -0.355 e. The van der Waals surface area contributed by atoms with E-state index >= 15 is 0 Å². The summed E-state index contributed by atoms with van der Waals surface area (Å²) in [5, 5.41) is 2.85. The van der Waals surface area contributed by atoms with E-state index in [1.165, 1.54) is 4.90 Å². The maximum Gasteiger partial charge on any atom is 0.244 e. The van der Waals surface area contributed by atoms with Crippen molar-refractivity contribution in [3.8, 4) is 0 Å². The molecule has 3 rings (SSSR count). The summed E-state index contributed by atoms with van der Waals surface area (Å²) in [7, 11) is -3.80. The highest BCUT2D eigenvalue weighted by molar-refractivity contribution is 9.10. The van der Waals surface area contributed by atoms with E-state index < -0.39 is 28.5 Å². The van der Waals surface area contributed by atoms with Gasteiger partial charge in [-0.15, -0.1) is 0 Å². The zero-order chi connectivity index (χ0) is 27.9. The quantitative estimate of drug-likeness (QED) is 0.349. The van der Waals surface area contributed by atoms with Gasteiger partial charge in [-0.3, -0.25) is 13.9 Å². The van der Waals surface area contributed by atoms with E-state index in [9.17, 15) is 18.0 Å². The van der Waals surface area contributed by atoms with E-state index in [-0.39, 0.29) is 18.9 Å². The summed E-state index contributed by atoms with van der Waals surface area (Å²) >= 11 is 3.47.